The SMILES string of the molecule is COc1cc(Cl)c(Cc2ccc3c(c2)OCCO3)cc1[C@@H]1O[C@H](CO)C(F)(F)[C@H](O)[C@H]1O. The summed E-state index contributed by atoms with van der Waals surface area (Å²) in [5.74, 6) is -2.37. The topological polar surface area (TPSA) is 97.6 Å². The quantitative estimate of drug-likeness (QED) is 0.615. The molecule has 4 atom stereocenters. The first-order chi connectivity index (χ1) is 15.3. The Balaban J connectivity index is 1.68. The van der Waals surface area contributed by atoms with Crippen LogP contribution in [0.4, 0.5) is 8.78 Å². The molecule has 0 spiro atoms. The van der Waals surface area contributed by atoms with Crippen LogP contribution in [0.5, 0.6) is 17.2 Å². The van der Waals surface area contributed by atoms with E-state index >= 15 is 0 Å². The van der Waals surface area contributed by atoms with Gasteiger partial charge in [-0.3, -0.25) is 0 Å². The first-order valence-corrected chi connectivity index (χ1v) is 10.4. The van der Waals surface area contributed by atoms with Crippen molar-refractivity contribution in [1.29, 1.82) is 0 Å². The summed E-state index contributed by atoms with van der Waals surface area (Å²) in [7, 11) is 1.36. The number of hydrogen-bond donors (Lipinski definition) is 3. The zero-order valence-electron chi connectivity index (χ0n) is 17.1. The van der Waals surface area contributed by atoms with Gasteiger partial charge < -0.3 is 34.3 Å². The molecule has 2 aromatic carbocycles. The van der Waals surface area contributed by atoms with E-state index in [4.69, 9.17) is 30.5 Å². The summed E-state index contributed by atoms with van der Waals surface area (Å²) in [6.07, 6.45) is -7.39. The molecule has 2 aliphatic rings. The van der Waals surface area contributed by atoms with Gasteiger partial charge in [-0.15, -0.1) is 0 Å². The number of ether oxygens (including phenoxy) is 4. The molecule has 10 heteroatoms. The van der Waals surface area contributed by atoms with Gasteiger partial charge in [0, 0.05) is 10.6 Å². The molecule has 32 heavy (non-hydrogen) atoms. The molecule has 0 amide bonds. The Bertz CT molecular complexity index is 983. The first-order valence-electron chi connectivity index (χ1n) is 10.0. The van der Waals surface area contributed by atoms with E-state index < -0.39 is 36.9 Å². The monoisotopic (exact) mass is 472 g/mol. The predicted molar refractivity (Wildman–Crippen MR) is 110 cm³/mol. The third kappa shape index (κ3) is 4.11. The fraction of sp³-hybridized carbons (Fsp3) is 0.455. The van der Waals surface area contributed by atoms with Crippen LogP contribution in [0.2, 0.25) is 5.02 Å². The summed E-state index contributed by atoms with van der Waals surface area (Å²) >= 11 is 6.43. The Hall–Kier alpha value is -2.17. The van der Waals surface area contributed by atoms with Gasteiger partial charge in [0.1, 0.15) is 43.4 Å². The Morgan fingerprint density at radius 2 is 1.84 bits per heavy atom. The van der Waals surface area contributed by atoms with Crippen LogP contribution >= 0.6 is 11.6 Å². The van der Waals surface area contributed by atoms with Crippen molar-refractivity contribution in [2.24, 2.45) is 0 Å². The average Bonchev–Trinajstić information content (AvgIpc) is 2.79. The van der Waals surface area contributed by atoms with Crippen molar-refractivity contribution < 1.29 is 43.0 Å². The zero-order valence-corrected chi connectivity index (χ0v) is 17.9. The van der Waals surface area contributed by atoms with E-state index in [2.05, 4.69) is 0 Å². The maximum atomic E-state index is 14.2. The molecule has 1 saturated heterocycles. The van der Waals surface area contributed by atoms with Crippen LogP contribution < -0.4 is 14.2 Å². The number of fused-ring (bicyclic) bond motifs is 1. The van der Waals surface area contributed by atoms with Crippen molar-refractivity contribution >= 4 is 11.6 Å². The molecule has 2 heterocycles. The number of methoxy groups -OCH3 is 1. The number of rotatable bonds is 5. The lowest BCUT2D eigenvalue weighted by Crippen LogP contribution is -2.59. The molecule has 7 nitrogen and oxygen atoms in total. The minimum Gasteiger partial charge on any atom is -0.496 e. The van der Waals surface area contributed by atoms with Crippen LogP contribution in [0.25, 0.3) is 0 Å². The van der Waals surface area contributed by atoms with Gasteiger partial charge in [0.15, 0.2) is 11.5 Å². The van der Waals surface area contributed by atoms with Crippen LogP contribution in [0.15, 0.2) is 30.3 Å². The maximum Gasteiger partial charge on any atom is 0.303 e. The highest BCUT2D eigenvalue weighted by Gasteiger charge is 2.57. The second kappa shape index (κ2) is 8.99. The molecular weight excluding hydrogens is 450 g/mol. The van der Waals surface area contributed by atoms with Crippen molar-refractivity contribution in [3.8, 4) is 17.2 Å². The molecule has 0 unspecified atom stereocenters. The van der Waals surface area contributed by atoms with Gasteiger partial charge in [-0.1, -0.05) is 17.7 Å². The molecule has 0 aliphatic carbocycles. The van der Waals surface area contributed by atoms with Crippen molar-refractivity contribution in [3.05, 3.63) is 52.0 Å². The largest absolute Gasteiger partial charge is 0.496 e. The van der Waals surface area contributed by atoms with Crippen LogP contribution in [0.3, 0.4) is 0 Å². The summed E-state index contributed by atoms with van der Waals surface area (Å²) < 4.78 is 50.1. The average molecular weight is 473 g/mol. The lowest BCUT2D eigenvalue weighted by atomic mass is 9.89. The summed E-state index contributed by atoms with van der Waals surface area (Å²) in [5.41, 5.74) is 1.70. The minimum atomic E-state index is -3.82. The van der Waals surface area contributed by atoms with E-state index in [9.17, 15) is 24.1 Å². The zero-order chi connectivity index (χ0) is 23.0. The van der Waals surface area contributed by atoms with E-state index in [1.165, 1.54) is 13.2 Å². The number of aliphatic hydroxyl groups is 3. The maximum absolute atomic E-state index is 14.2. The Kier molecular flexibility index (Phi) is 6.46. The standard InChI is InChI=1S/C22H23ClF2O7/c1-29-16-9-14(23)12(6-11-2-3-15-17(7-11)31-5-4-30-15)8-13(16)20-19(27)21(28)22(24,25)18(10-26)32-20/h2-3,7-9,18-21,26-28H,4-6,10H2,1H3/t18-,19+,20+,21-/m1/s1. The van der Waals surface area contributed by atoms with Crippen molar-refractivity contribution in [1.82, 2.24) is 0 Å². The van der Waals surface area contributed by atoms with E-state index in [1.807, 2.05) is 12.1 Å². The third-order valence-corrected chi connectivity index (χ3v) is 5.99. The van der Waals surface area contributed by atoms with Crippen molar-refractivity contribution in [2.45, 2.75) is 36.8 Å². The molecular formula is C22H23ClF2O7. The minimum absolute atomic E-state index is 0.194. The van der Waals surface area contributed by atoms with E-state index in [0.29, 0.717) is 41.7 Å². The lowest BCUT2D eigenvalue weighted by Gasteiger charge is -2.42. The van der Waals surface area contributed by atoms with Crippen LogP contribution in [0.1, 0.15) is 22.8 Å². The summed E-state index contributed by atoms with van der Waals surface area (Å²) in [5, 5.41) is 30.1. The van der Waals surface area contributed by atoms with E-state index in [-0.39, 0.29) is 11.3 Å². The van der Waals surface area contributed by atoms with Gasteiger partial charge >= 0.3 is 5.92 Å². The summed E-state index contributed by atoms with van der Waals surface area (Å²) in [6.45, 7) is -0.115. The highest BCUT2D eigenvalue weighted by Crippen LogP contribution is 2.44. The smallest absolute Gasteiger partial charge is 0.303 e. The Morgan fingerprint density at radius 3 is 2.53 bits per heavy atom. The normalized spacial score (nSPS) is 26.6. The Labute approximate surface area is 188 Å². The molecule has 0 bridgehead atoms. The number of benzene rings is 2. The van der Waals surface area contributed by atoms with Gasteiger partial charge in [-0.05, 0) is 41.8 Å². The van der Waals surface area contributed by atoms with E-state index in [0.717, 1.165) is 5.56 Å². The molecule has 2 aromatic rings. The van der Waals surface area contributed by atoms with Crippen molar-refractivity contribution in [3.63, 3.8) is 0 Å². The first kappa shape index (κ1) is 23.0. The number of hydrogen-bond acceptors (Lipinski definition) is 7. The number of halogens is 3. The highest BCUT2D eigenvalue weighted by molar-refractivity contribution is 6.31. The molecule has 0 aromatic heterocycles. The fourth-order valence-corrected chi connectivity index (χ4v) is 4.15. The van der Waals surface area contributed by atoms with Gasteiger partial charge in [-0.2, -0.15) is 0 Å². The van der Waals surface area contributed by atoms with Crippen LogP contribution in [0, 0.1) is 0 Å². The van der Waals surface area contributed by atoms with Crippen LogP contribution in [-0.2, 0) is 11.2 Å². The molecule has 174 valence electrons. The second-order valence-electron chi connectivity index (χ2n) is 7.68. The summed E-state index contributed by atoms with van der Waals surface area (Å²) in [4.78, 5) is 0. The second-order valence-corrected chi connectivity index (χ2v) is 8.09. The Morgan fingerprint density at radius 1 is 1.12 bits per heavy atom. The molecule has 2 aliphatic heterocycles. The van der Waals surface area contributed by atoms with Gasteiger partial charge in [-0.25, -0.2) is 8.78 Å². The van der Waals surface area contributed by atoms with Gasteiger partial charge in [0.05, 0.1) is 13.7 Å². The van der Waals surface area contributed by atoms with E-state index in [1.54, 1.807) is 12.1 Å². The number of aliphatic hydroxyl groups excluding tert-OH is 3. The molecule has 0 radical (unpaired) electrons. The molecule has 3 N–H and O–H groups in total. The van der Waals surface area contributed by atoms with Crippen LogP contribution in [-0.4, -0.2) is 66.5 Å². The lowest BCUT2D eigenvalue weighted by molar-refractivity contribution is -0.296. The van der Waals surface area contributed by atoms with Gasteiger partial charge in [0.25, 0.3) is 0 Å². The molecule has 4 rings (SSSR count). The number of alkyl halides is 2. The fourth-order valence-electron chi connectivity index (χ4n) is 3.93. The molecule has 0 saturated carbocycles. The van der Waals surface area contributed by atoms with Gasteiger partial charge in [0.2, 0.25) is 0 Å². The van der Waals surface area contributed by atoms with Crippen molar-refractivity contribution in [2.75, 3.05) is 26.9 Å². The summed E-state index contributed by atoms with van der Waals surface area (Å²) in [6, 6.07) is 8.54. The molecule has 1 fully saturated rings. The third-order valence-electron chi connectivity index (χ3n) is 5.64. The predicted octanol–water partition coefficient (Wildman–Crippen LogP) is 2.50. The highest BCUT2D eigenvalue weighted by atomic mass is 35.5.